The van der Waals surface area contributed by atoms with Gasteiger partial charge in [0.25, 0.3) is 5.70 Å². The summed E-state index contributed by atoms with van der Waals surface area (Å²) in [5.41, 5.74) is -0.295. The maximum Gasteiger partial charge on any atom is 0.281 e. The molecule has 2 N–H and O–H groups in total. The highest BCUT2D eigenvalue weighted by atomic mass is 16.6. The topological polar surface area (TPSA) is 75.4 Å². The van der Waals surface area contributed by atoms with Crippen LogP contribution >= 0.6 is 0 Å². The van der Waals surface area contributed by atoms with Gasteiger partial charge >= 0.3 is 0 Å². The molecule has 5 heteroatoms. The summed E-state index contributed by atoms with van der Waals surface area (Å²) in [6.45, 7) is 4.26. The van der Waals surface area contributed by atoms with Crippen molar-refractivity contribution in [3.8, 4) is 12.3 Å². The molecule has 0 aromatic carbocycles. The third kappa shape index (κ3) is 6.38. The van der Waals surface area contributed by atoms with E-state index in [1.807, 2.05) is 13.8 Å². The lowest BCUT2D eigenvalue weighted by Crippen LogP contribution is -2.29. The molecule has 0 heterocycles. The van der Waals surface area contributed by atoms with Gasteiger partial charge in [-0.15, -0.1) is 6.42 Å². The summed E-state index contributed by atoms with van der Waals surface area (Å²) in [5, 5.41) is 23.1. The maximum atomic E-state index is 10.5. The largest absolute Gasteiger partial charge is 0.511 e. The first kappa shape index (κ1) is 15.2. The number of aliphatic hydroxyl groups excluding tert-OH is 1. The predicted octanol–water partition coefficient (Wildman–Crippen LogP) is 2.00. The monoisotopic (exact) mass is 238 g/mol. The molecule has 17 heavy (non-hydrogen) atoms. The zero-order valence-corrected chi connectivity index (χ0v) is 10.1. The number of nitrogens with one attached hydrogen (secondary N) is 1. The van der Waals surface area contributed by atoms with Gasteiger partial charge < -0.3 is 10.4 Å². The van der Waals surface area contributed by atoms with E-state index in [1.165, 1.54) is 0 Å². The van der Waals surface area contributed by atoms with E-state index in [4.69, 9.17) is 6.42 Å². The lowest BCUT2D eigenvalue weighted by molar-refractivity contribution is -0.419. The molecule has 0 amide bonds. The van der Waals surface area contributed by atoms with Gasteiger partial charge in [0.15, 0.2) is 0 Å². The molecular weight excluding hydrogens is 220 g/mol. The second-order valence-corrected chi connectivity index (χ2v) is 3.52. The van der Waals surface area contributed by atoms with Gasteiger partial charge in [-0.3, -0.25) is 10.1 Å². The first-order chi connectivity index (χ1) is 8.04. The van der Waals surface area contributed by atoms with Gasteiger partial charge in [-0.25, -0.2) is 0 Å². The van der Waals surface area contributed by atoms with Crippen molar-refractivity contribution in [1.82, 2.24) is 5.32 Å². The van der Waals surface area contributed by atoms with E-state index in [1.54, 1.807) is 0 Å². The Morgan fingerprint density at radius 3 is 2.59 bits per heavy atom. The Labute approximate surface area is 101 Å². The number of rotatable bonds is 7. The van der Waals surface area contributed by atoms with E-state index in [2.05, 4.69) is 11.2 Å². The van der Waals surface area contributed by atoms with Crippen molar-refractivity contribution in [2.75, 3.05) is 6.54 Å². The Morgan fingerprint density at radius 1 is 1.59 bits per heavy atom. The molecule has 0 unspecified atom stereocenters. The number of allylic oxidation sites excluding steroid dienone is 2. The molecule has 0 bridgehead atoms. The van der Waals surface area contributed by atoms with Gasteiger partial charge in [0.1, 0.15) is 5.76 Å². The van der Waals surface area contributed by atoms with Crippen LogP contribution in [0.25, 0.3) is 0 Å². The second-order valence-electron chi connectivity index (χ2n) is 3.52. The summed E-state index contributed by atoms with van der Waals surface area (Å²) in [7, 11) is 0. The van der Waals surface area contributed by atoms with Crippen molar-refractivity contribution in [2.24, 2.45) is 0 Å². The molecule has 0 radical (unpaired) electrons. The van der Waals surface area contributed by atoms with Crippen molar-refractivity contribution in [3.63, 3.8) is 0 Å². The Hall–Kier alpha value is -1.80. The number of aliphatic hydroxyl groups is 1. The molecule has 0 fully saturated rings. The van der Waals surface area contributed by atoms with Crippen molar-refractivity contribution in [2.45, 2.75) is 32.7 Å². The molecule has 5 nitrogen and oxygen atoms in total. The molecule has 94 valence electrons. The quantitative estimate of drug-likeness (QED) is 0.234. The van der Waals surface area contributed by atoms with Crippen LogP contribution in [-0.4, -0.2) is 22.6 Å². The van der Waals surface area contributed by atoms with Gasteiger partial charge in [-0.1, -0.05) is 19.8 Å². The highest BCUT2D eigenvalue weighted by Gasteiger charge is 2.09. The fourth-order valence-corrected chi connectivity index (χ4v) is 1.28. The van der Waals surface area contributed by atoms with Gasteiger partial charge in [0.2, 0.25) is 0 Å². The fourth-order valence-electron chi connectivity index (χ4n) is 1.28. The van der Waals surface area contributed by atoms with Crippen LogP contribution in [0.15, 0.2) is 23.6 Å². The molecule has 0 aromatic rings. The molecule has 0 saturated heterocycles. The van der Waals surface area contributed by atoms with E-state index in [9.17, 15) is 15.2 Å². The van der Waals surface area contributed by atoms with E-state index < -0.39 is 4.92 Å². The van der Waals surface area contributed by atoms with Gasteiger partial charge in [0.05, 0.1) is 23.6 Å². The zero-order chi connectivity index (χ0) is 13.3. The molecule has 0 aliphatic heterocycles. The molecule has 0 aromatic heterocycles. The summed E-state index contributed by atoms with van der Waals surface area (Å²) in [6, 6.07) is 0.293. The van der Waals surface area contributed by atoms with Gasteiger partial charge in [0, 0.05) is 6.04 Å². The zero-order valence-electron chi connectivity index (χ0n) is 10.1. The molecule has 0 aliphatic rings. The highest BCUT2D eigenvalue weighted by molar-refractivity contribution is 5.23. The SMILES string of the molecule is C#C/C=C(\C=C(\O)CNC(CC)CC)[N+](=O)[O-]. The summed E-state index contributed by atoms with van der Waals surface area (Å²) in [6.07, 6.45) is 8.90. The highest BCUT2D eigenvalue weighted by Crippen LogP contribution is 2.02. The van der Waals surface area contributed by atoms with Crippen LogP contribution in [0.1, 0.15) is 26.7 Å². The number of hydrogen-bond acceptors (Lipinski definition) is 4. The minimum atomic E-state index is -0.632. The number of hydrogen-bond donors (Lipinski definition) is 2. The van der Waals surface area contributed by atoms with Crippen molar-refractivity contribution in [3.05, 3.63) is 33.7 Å². The van der Waals surface area contributed by atoms with E-state index in [-0.39, 0.29) is 18.0 Å². The number of terminal acetylenes is 1. The average Bonchev–Trinajstić information content (AvgIpc) is 2.29. The molecule has 0 rings (SSSR count). The first-order valence-corrected chi connectivity index (χ1v) is 5.48. The number of nitrogens with zero attached hydrogens (tertiary/aromatic N) is 1. The Kier molecular flexibility index (Phi) is 7.48. The number of nitro groups is 1. The standard InChI is InChI=1S/C12H18N2O3/c1-4-7-11(14(16)17)8-12(15)9-13-10(5-2)6-3/h1,7-8,10,13,15H,5-6,9H2,2-3H3/b11-7+,12-8+. The predicted molar refractivity (Wildman–Crippen MR) is 67.0 cm³/mol. The molecule has 0 spiro atoms. The van der Waals surface area contributed by atoms with Gasteiger partial charge in [-0.2, -0.15) is 0 Å². The fraction of sp³-hybridized carbons (Fsp3) is 0.500. The van der Waals surface area contributed by atoms with E-state index in [0.29, 0.717) is 6.04 Å². The maximum absolute atomic E-state index is 10.5. The molecule has 0 saturated carbocycles. The minimum absolute atomic E-state index is 0.102. The third-order valence-electron chi connectivity index (χ3n) is 2.31. The van der Waals surface area contributed by atoms with Crippen LogP contribution in [0, 0.1) is 22.5 Å². The van der Waals surface area contributed by atoms with Crippen LogP contribution < -0.4 is 5.32 Å². The lowest BCUT2D eigenvalue weighted by Gasteiger charge is -2.13. The molecule has 0 atom stereocenters. The van der Waals surface area contributed by atoms with Crippen LogP contribution in [-0.2, 0) is 0 Å². The van der Waals surface area contributed by atoms with Crippen LogP contribution in [0.4, 0.5) is 0 Å². The Morgan fingerprint density at radius 2 is 2.18 bits per heavy atom. The molecule has 0 aliphatic carbocycles. The van der Waals surface area contributed by atoms with Crippen molar-refractivity contribution < 1.29 is 10.0 Å². The Balaban J connectivity index is 4.48. The molecular formula is C12H18N2O3. The van der Waals surface area contributed by atoms with Crippen LogP contribution in [0.2, 0.25) is 0 Å². The smallest absolute Gasteiger partial charge is 0.281 e. The first-order valence-electron chi connectivity index (χ1n) is 5.48. The Bertz CT molecular complexity index is 349. The summed E-state index contributed by atoms with van der Waals surface area (Å²) < 4.78 is 0. The van der Waals surface area contributed by atoms with Crippen molar-refractivity contribution in [1.29, 1.82) is 0 Å². The second kappa shape index (κ2) is 8.36. The average molecular weight is 238 g/mol. The summed E-state index contributed by atoms with van der Waals surface area (Å²) in [5.74, 6) is 1.96. The van der Waals surface area contributed by atoms with E-state index >= 15 is 0 Å². The summed E-state index contributed by atoms with van der Waals surface area (Å²) in [4.78, 5) is 9.91. The minimum Gasteiger partial charge on any atom is -0.511 e. The summed E-state index contributed by atoms with van der Waals surface area (Å²) >= 11 is 0. The van der Waals surface area contributed by atoms with E-state index in [0.717, 1.165) is 25.0 Å². The van der Waals surface area contributed by atoms with Crippen LogP contribution in [0.5, 0.6) is 0 Å². The lowest BCUT2D eigenvalue weighted by atomic mass is 10.2. The normalized spacial score (nSPS) is 12.6. The third-order valence-corrected chi connectivity index (χ3v) is 2.31. The van der Waals surface area contributed by atoms with Gasteiger partial charge in [-0.05, 0) is 12.8 Å². The van der Waals surface area contributed by atoms with Crippen LogP contribution in [0.3, 0.4) is 0 Å². The van der Waals surface area contributed by atoms with Crippen molar-refractivity contribution >= 4 is 0 Å².